The van der Waals surface area contributed by atoms with Crippen molar-refractivity contribution in [3.8, 4) is 0 Å². The number of aryl methyl sites for hydroxylation is 1. The monoisotopic (exact) mass is 251 g/mol. The highest BCUT2D eigenvalue weighted by Crippen LogP contribution is 2.16. The summed E-state index contributed by atoms with van der Waals surface area (Å²) in [5.74, 6) is 0. The van der Waals surface area contributed by atoms with Gasteiger partial charge in [0.05, 0.1) is 8.07 Å². The van der Waals surface area contributed by atoms with Crippen molar-refractivity contribution < 1.29 is 0 Å². The van der Waals surface area contributed by atoms with Crippen LogP contribution in [-0.2, 0) is 0 Å². The lowest BCUT2D eigenvalue weighted by molar-refractivity contribution is 1.47. The molecular formula is C13H25NSi2. The predicted molar refractivity (Wildman–Crippen MR) is 81.1 cm³/mol. The van der Waals surface area contributed by atoms with Gasteiger partial charge in [-0.3, -0.25) is 0 Å². The van der Waals surface area contributed by atoms with E-state index in [1.807, 2.05) is 0 Å². The van der Waals surface area contributed by atoms with Crippen molar-refractivity contribution in [2.75, 3.05) is 4.98 Å². The Morgan fingerprint density at radius 3 is 1.94 bits per heavy atom. The maximum atomic E-state index is 3.76. The lowest BCUT2D eigenvalue weighted by Gasteiger charge is -2.27. The first-order valence-corrected chi connectivity index (χ1v) is 13.0. The van der Waals surface area contributed by atoms with Crippen molar-refractivity contribution in [1.82, 2.24) is 0 Å². The number of nitrogens with one attached hydrogen (secondary N) is 1. The molecule has 0 spiro atoms. The first kappa shape index (κ1) is 13.5. The van der Waals surface area contributed by atoms with Gasteiger partial charge in [0.1, 0.15) is 8.24 Å². The summed E-state index contributed by atoms with van der Waals surface area (Å²) in [6.07, 6.45) is 0. The van der Waals surface area contributed by atoms with Gasteiger partial charge in [0, 0.05) is 5.69 Å². The van der Waals surface area contributed by atoms with E-state index in [1.165, 1.54) is 11.3 Å². The average molecular weight is 252 g/mol. The fraction of sp³-hybridized carbons (Fsp3) is 0.538. The average Bonchev–Trinajstić information content (AvgIpc) is 2.04. The Hall–Kier alpha value is -0.546. The van der Waals surface area contributed by atoms with Crippen molar-refractivity contribution in [1.29, 1.82) is 0 Å². The summed E-state index contributed by atoms with van der Waals surface area (Å²) in [6.45, 7) is 16.5. The number of hydrogen-bond donors (Lipinski definition) is 1. The summed E-state index contributed by atoms with van der Waals surface area (Å²) in [4.78, 5) is 3.76. The molecule has 0 unspecified atom stereocenters. The summed E-state index contributed by atoms with van der Waals surface area (Å²) in [5, 5.41) is 1.56. The van der Waals surface area contributed by atoms with Crippen molar-refractivity contribution in [3.05, 3.63) is 23.8 Å². The lowest BCUT2D eigenvalue weighted by Crippen LogP contribution is -2.43. The highest BCUT2D eigenvalue weighted by molar-refractivity contribution is 6.90. The maximum Gasteiger partial charge on any atom is 0.144 e. The summed E-state index contributed by atoms with van der Waals surface area (Å²) in [6, 6.07) is 6.85. The van der Waals surface area contributed by atoms with Crippen LogP contribution in [0.5, 0.6) is 0 Å². The molecule has 0 aliphatic heterocycles. The normalized spacial score (nSPS) is 12.7. The molecule has 1 nitrogen and oxygen atoms in total. The summed E-state index contributed by atoms with van der Waals surface area (Å²) >= 11 is 0. The molecule has 1 aromatic rings. The molecule has 0 radical (unpaired) electrons. The molecule has 0 saturated carbocycles. The van der Waals surface area contributed by atoms with E-state index in [0.29, 0.717) is 0 Å². The molecule has 0 atom stereocenters. The summed E-state index contributed by atoms with van der Waals surface area (Å²) in [5.41, 5.74) is 2.75. The molecule has 0 heterocycles. The van der Waals surface area contributed by atoms with Crippen LogP contribution in [0.3, 0.4) is 0 Å². The van der Waals surface area contributed by atoms with Crippen LogP contribution in [0.4, 0.5) is 5.69 Å². The van der Waals surface area contributed by atoms with Crippen LogP contribution >= 0.6 is 0 Å². The van der Waals surface area contributed by atoms with Crippen molar-refractivity contribution in [2.24, 2.45) is 0 Å². The Morgan fingerprint density at radius 2 is 1.50 bits per heavy atom. The van der Waals surface area contributed by atoms with E-state index in [2.05, 4.69) is 69.4 Å². The molecule has 0 aliphatic carbocycles. The Morgan fingerprint density at radius 1 is 0.938 bits per heavy atom. The van der Waals surface area contributed by atoms with Gasteiger partial charge in [-0.15, -0.1) is 0 Å². The number of benzene rings is 1. The molecule has 0 bridgehead atoms. The number of hydrogen-bond acceptors (Lipinski definition) is 1. The summed E-state index contributed by atoms with van der Waals surface area (Å²) < 4.78 is 0. The number of rotatable bonds is 3. The smallest absolute Gasteiger partial charge is 0.144 e. The van der Waals surface area contributed by atoms with Crippen molar-refractivity contribution in [2.45, 2.75) is 46.2 Å². The van der Waals surface area contributed by atoms with Gasteiger partial charge in [0.25, 0.3) is 0 Å². The molecule has 1 aromatic carbocycles. The highest BCUT2D eigenvalue weighted by atomic mass is 28.3. The molecule has 90 valence electrons. The molecule has 0 amide bonds. The van der Waals surface area contributed by atoms with E-state index in [0.717, 1.165) is 0 Å². The zero-order valence-corrected chi connectivity index (χ0v) is 13.7. The van der Waals surface area contributed by atoms with Gasteiger partial charge in [-0.25, -0.2) is 0 Å². The molecule has 3 heteroatoms. The third-order valence-corrected chi connectivity index (χ3v) is 5.54. The van der Waals surface area contributed by atoms with Gasteiger partial charge < -0.3 is 4.98 Å². The first-order chi connectivity index (χ1) is 7.09. The van der Waals surface area contributed by atoms with Gasteiger partial charge in [-0.05, 0) is 18.2 Å². The Balaban J connectivity index is 3.19. The third-order valence-electron chi connectivity index (χ3n) is 2.49. The van der Waals surface area contributed by atoms with Crippen LogP contribution in [0, 0.1) is 6.92 Å². The van der Waals surface area contributed by atoms with E-state index >= 15 is 0 Å². The minimum absolute atomic E-state index is 1.25. The van der Waals surface area contributed by atoms with Gasteiger partial charge >= 0.3 is 0 Å². The van der Waals surface area contributed by atoms with E-state index in [4.69, 9.17) is 0 Å². The third kappa shape index (κ3) is 3.79. The predicted octanol–water partition coefficient (Wildman–Crippen LogP) is 3.79. The van der Waals surface area contributed by atoms with E-state index in [1.54, 1.807) is 5.19 Å². The van der Waals surface area contributed by atoms with Crippen LogP contribution < -0.4 is 10.2 Å². The fourth-order valence-electron chi connectivity index (χ4n) is 1.79. The number of anilines is 1. The van der Waals surface area contributed by atoms with Gasteiger partial charge in [0.15, 0.2) is 0 Å². The maximum absolute atomic E-state index is 3.76. The fourth-order valence-corrected chi connectivity index (χ4v) is 4.56. The molecular weight excluding hydrogens is 226 g/mol. The highest BCUT2D eigenvalue weighted by Gasteiger charge is 2.23. The van der Waals surface area contributed by atoms with Crippen molar-refractivity contribution in [3.63, 3.8) is 0 Å². The Labute approximate surface area is 102 Å². The molecule has 0 saturated heterocycles. The van der Waals surface area contributed by atoms with E-state index < -0.39 is 16.3 Å². The Bertz CT molecular complexity index is 372. The van der Waals surface area contributed by atoms with Crippen LogP contribution in [0.2, 0.25) is 39.3 Å². The summed E-state index contributed by atoms with van der Waals surface area (Å²) in [7, 11) is -2.50. The zero-order valence-electron chi connectivity index (χ0n) is 11.7. The van der Waals surface area contributed by atoms with Crippen LogP contribution in [0.25, 0.3) is 0 Å². The van der Waals surface area contributed by atoms with Gasteiger partial charge in [-0.1, -0.05) is 57.0 Å². The quantitative estimate of drug-likeness (QED) is 0.806. The minimum Gasteiger partial charge on any atom is -0.411 e. The topological polar surface area (TPSA) is 12.0 Å². The largest absolute Gasteiger partial charge is 0.411 e. The lowest BCUT2D eigenvalue weighted by atomic mass is 10.2. The Kier molecular flexibility index (Phi) is 3.70. The second kappa shape index (κ2) is 4.37. The second-order valence-corrected chi connectivity index (χ2v) is 16.5. The standard InChI is InChI=1S/C13H25NSi2/c1-11-8-9-12(14-16(5,6)7)13(10-11)15(2,3)4/h8-10,14H,1-7H3. The van der Waals surface area contributed by atoms with Crippen molar-refractivity contribution >= 4 is 27.2 Å². The van der Waals surface area contributed by atoms with Gasteiger partial charge in [0.2, 0.25) is 0 Å². The van der Waals surface area contributed by atoms with Crippen LogP contribution in [0.1, 0.15) is 5.56 Å². The van der Waals surface area contributed by atoms with Gasteiger partial charge in [-0.2, -0.15) is 0 Å². The first-order valence-electron chi connectivity index (χ1n) is 5.99. The molecule has 0 fully saturated rings. The SMILES string of the molecule is Cc1ccc(N[Si](C)(C)C)c([Si](C)(C)C)c1. The molecule has 1 rings (SSSR count). The second-order valence-electron chi connectivity index (χ2n) is 6.67. The van der Waals surface area contributed by atoms with E-state index in [9.17, 15) is 0 Å². The van der Waals surface area contributed by atoms with E-state index in [-0.39, 0.29) is 0 Å². The zero-order chi connectivity index (χ0) is 12.6. The molecule has 0 aromatic heterocycles. The van der Waals surface area contributed by atoms with Crippen LogP contribution in [-0.4, -0.2) is 16.3 Å². The minimum atomic E-state index is -1.25. The molecule has 0 aliphatic rings. The molecule has 1 N–H and O–H groups in total. The molecule has 16 heavy (non-hydrogen) atoms. The van der Waals surface area contributed by atoms with Crippen LogP contribution in [0.15, 0.2) is 18.2 Å².